The summed E-state index contributed by atoms with van der Waals surface area (Å²) in [7, 11) is 1.52. The first kappa shape index (κ1) is 19.4. The molecule has 4 amide bonds. The van der Waals surface area contributed by atoms with E-state index >= 15 is 0 Å². The number of nitrogens with one attached hydrogen (secondary N) is 1. The van der Waals surface area contributed by atoms with Gasteiger partial charge >= 0.3 is 6.03 Å². The molecule has 2 saturated heterocycles. The highest BCUT2D eigenvalue weighted by molar-refractivity contribution is 9.10. The largest absolute Gasteiger partial charge is 0.495 e. The summed E-state index contributed by atoms with van der Waals surface area (Å²) in [6.45, 7) is 0.786. The van der Waals surface area contributed by atoms with Crippen molar-refractivity contribution in [1.82, 2.24) is 9.80 Å². The van der Waals surface area contributed by atoms with E-state index in [9.17, 15) is 14.4 Å². The Hall–Kier alpha value is -2.87. The van der Waals surface area contributed by atoms with Gasteiger partial charge in [-0.15, -0.1) is 0 Å². The number of ether oxygens (including phenoxy) is 1. The SMILES string of the molecule is COc1ccc(CN2C(=O)C3CCCN3C2=O)cc1NC(=O)c1ccccc1Br. The number of methoxy groups -OCH3 is 1. The van der Waals surface area contributed by atoms with E-state index < -0.39 is 0 Å². The van der Waals surface area contributed by atoms with Gasteiger partial charge in [0.15, 0.2) is 0 Å². The minimum absolute atomic E-state index is 0.151. The van der Waals surface area contributed by atoms with Crippen molar-refractivity contribution < 1.29 is 19.1 Å². The number of carbonyl (C=O) groups is 3. The lowest BCUT2D eigenvalue weighted by Gasteiger charge is -2.17. The Morgan fingerprint density at radius 1 is 1.24 bits per heavy atom. The monoisotopic (exact) mass is 457 g/mol. The van der Waals surface area contributed by atoms with Crippen LogP contribution >= 0.6 is 15.9 Å². The van der Waals surface area contributed by atoms with Crippen LogP contribution in [0.2, 0.25) is 0 Å². The van der Waals surface area contributed by atoms with Crippen LogP contribution in [0.4, 0.5) is 10.5 Å². The molecule has 0 aromatic heterocycles. The molecule has 2 heterocycles. The third-order valence-corrected chi connectivity index (χ3v) is 5.94. The van der Waals surface area contributed by atoms with Crippen LogP contribution in [-0.4, -0.2) is 47.3 Å². The molecule has 0 saturated carbocycles. The minimum Gasteiger partial charge on any atom is -0.495 e. The highest BCUT2D eigenvalue weighted by Gasteiger charge is 2.47. The zero-order valence-electron chi connectivity index (χ0n) is 15.9. The second-order valence-electron chi connectivity index (χ2n) is 7.03. The van der Waals surface area contributed by atoms with Crippen molar-refractivity contribution in [2.45, 2.75) is 25.4 Å². The predicted molar refractivity (Wildman–Crippen MR) is 111 cm³/mol. The average molecular weight is 458 g/mol. The van der Waals surface area contributed by atoms with E-state index in [-0.39, 0.29) is 30.4 Å². The van der Waals surface area contributed by atoms with Gasteiger partial charge in [-0.25, -0.2) is 4.79 Å². The fraction of sp³-hybridized carbons (Fsp3) is 0.286. The number of anilines is 1. The van der Waals surface area contributed by atoms with Crippen molar-refractivity contribution in [2.24, 2.45) is 0 Å². The first-order valence-electron chi connectivity index (χ1n) is 9.34. The third kappa shape index (κ3) is 3.60. The summed E-state index contributed by atoms with van der Waals surface area (Å²) in [5.74, 6) is 0.0536. The maximum Gasteiger partial charge on any atom is 0.327 e. The average Bonchev–Trinajstić information content (AvgIpc) is 3.28. The van der Waals surface area contributed by atoms with Crippen molar-refractivity contribution in [1.29, 1.82) is 0 Å². The molecule has 4 rings (SSSR count). The number of fused-ring (bicyclic) bond motifs is 1. The summed E-state index contributed by atoms with van der Waals surface area (Å²) >= 11 is 3.38. The van der Waals surface area contributed by atoms with E-state index in [1.807, 2.05) is 6.07 Å². The number of benzene rings is 2. The van der Waals surface area contributed by atoms with Crippen LogP contribution in [0.5, 0.6) is 5.75 Å². The first-order valence-corrected chi connectivity index (χ1v) is 10.1. The van der Waals surface area contributed by atoms with E-state index in [1.165, 1.54) is 12.0 Å². The maximum absolute atomic E-state index is 12.7. The van der Waals surface area contributed by atoms with Gasteiger partial charge in [-0.1, -0.05) is 18.2 Å². The first-order chi connectivity index (χ1) is 14.0. The van der Waals surface area contributed by atoms with Crippen molar-refractivity contribution in [3.8, 4) is 5.75 Å². The molecule has 0 bridgehead atoms. The predicted octanol–water partition coefficient (Wildman–Crippen LogP) is 3.64. The lowest BCUT2D eigenvalue weighted by atomic mass is 10.1. The molecule has 2 fully saturated rings. The van der Waals surface area contributed by atoms with Crippen LogP contribution in [0.3, 0.4) is 0 Å². The Labute approximate surface area is 176 Å². The molecular formula is C21H20BrN3O4. The minimum atomic E-state index is -0.324. The number of rotatable bonds is 5. The summed E-state index contributed by atoms with van der Waals surface area (Å²) < 4.78 is 6.04. The number of halogens is 1. The molecule has 1 atom stereocenters. The highest BCUT2D eigenvalue weighted by Crippen LogP contribution is 2.31. The van der Waals surface area contributed by atoms with Gasteiger partial charge in [0.1, 0.15) is 11.8 Å². The van der Waals surface area contributed by atoms with Gasteiger partial charge in [-0.2, -0.15) is 0 Å². The summed E-state index contributed by atoms with van der Waals surface area (Å²) in [5, 5.41) is 2.85. The number of amides is 4. The van der Waals surface area contributed by atoms with E-state index in [0.717, 1.165) is 18.4 Å². The van der Waals surface area contributed by atoms with Gasteiger partial charge in [0, 0.05) is 11.0 Å². The van der Waals surface area contributed by atoms with Crippen molar-refractivity contribution in [2.75, 3.05) is 19.0 Å². The molecule has 7 nitrogen and oxygen atoms in total. The van der Waals surface area contributed by atoms with Gasteiger partial charge in [-0.3, -0.25) is 14.5 Å². The standard InChI is InChI=1S/C21H20BrN3O4/c1-29-18-9-8-13(12-25-20(27)17-7-4-10-24(17)21(25)28)11-16(18)23-19(26)14-5-2-3-6-15(14)22/h2-3,5-6,8-9,11,17H,4,7,10,12H2,1H3,(H,23,26). The van der Waals surface area contributed by atoms with E-state index in [4.69, 9.17) is 4.74 Å². The molecule has 2 aliphatic heterocycles. The van der Waals surface area contributed by atoms with Crippen molar-refractivity contribution in [3.63, 3.8) is 0 Å². The number of carbonyl (C=O) groups excluding carboxylic acids is 3. The van der Waals surface area contributed by atoms with Gasteiger partial charge < -0.3 is 15.0 Å². The summed E-state index contributed by atoms with van der Waals surface area (Å²) in [6.07, 6.45) is 1.58. The van der Waals surface area contributed by atoms with E-state index in [0.29, 0.717) is 28.0 Å². The lowest BCUT2D eigenvalue weighted by Crippen LogP contribution is -2.32. The molecule has 2 aromatic rings. The molecule has 1 unspecified atom stereocenters. The highest BCUT2D eigenvalue weighted by atomic mass is 79.9. The summed E-state index contributed by atoms with van der Waals surface area (Å²) in [4.78, 5) is 40.7. The second-order valence-corrected chi connectivity index (χ2v) is 7.88. The number of hydrogen-bond donors (Lipinski definition) is 1. The Balaban J connectivity index is 1.56. The normalized spacial score (nSPS) is 18.2. The van der Waals surface area contributed by atoms with Crippen LogP contribution in [0.1, 0.15) is 28.8 Å². The molecule has 8 heteroatoms. The molecule has 2 aromatic carbocycles. The van der Waals surface area contributed by atoms with E-state index in [2.05, 4.69) is 21.2 Å². The van der Waals surface area contributed by atoms with Crippen LogP contribution < -0.4 is 10.1 Å². The fourth-order valence-corrected chi connectivity index (χ4v) is 4.26. The Morgan fingerprint density at radius 2 is 2.03 bits per heavy atom. The molecule has 0 radical (unpaired) electrons. The summed E-state index contributed by atoms with van der Waals surface area (Å²) in [5.41, 5.74) is 1.70. The van der Waals surface area contributed by atoms with Crippen molar-refractivity contribution >= 4 is 39.5 Å². The van der Waals surface area contributed by atoms with Gasteiger partial charge in [0.05, 0.1) is 24.9 Å². The topological polar surface area (TPSA) is 79.0 Å². The Bertz CT molecular complexity index is 972. The molecule has 1 N–H and O–H groups in total. The van der Waals surface area contributed by atoms with Gasteiger partial charge in [-0.05, 0) is 58.6 Å². The third-order valence-electron chi connectivity index (χ3n) is 5.25. The smallest absolute Gasteiger partial charge is 0.327 e. The summed E-state index contributed by atoms with van der Waals surface area (Å²) in [6, 6.07) is 11.8. The molecule has 150 valence electrons. The zero-order chi connectivity index (χ0) is 20.5. The molecular weight excluding hydrogens is 438 g/mol. The van der Waals surface area contributed by atoms with Crippen LogP contribution in [0.15, 0.2) is 46.9 Å². The number of nitrogens with zero attached hydrogens (tertiary/aromatic N) is 2. The lowest BCUT2D eigenvalue weighted by molar-refractivity contribution is -0.128. The van der Waals surface area contributed by atoms with Gasteiger partial charge in [0.25, 0.3) is 11.8 Å². The van der Waals surface area contributed by atoms with Gasteiger partial charge in [0.2, 0.25) is 0 Å². The Kier molecular flexibility index (Phi) is 5.27. The maximum atomic E-state index is 12.7. The number of hydrogen-bond acceptors (Lipinski definition) is 4. The molecule has 2 aliphatic rings. The fourth-order valence-electron chi connectivity index (χ4n) is 3.80. The zero-order valence-corrected chi connectivity index (χ0v) is 17.4. The Morgan fingerprint density at radius 3 is 2.76 bits per heavy atom. The van der Waals surface area contributed by atoms with Crippen LogP contribution in [-0.2, 0) is 11.3 Å². The molecule has 0 spiro atoms. The van der Waals surface area contributed by atoms with Crippen LogP contribution in [0.25, 0.3) is 0 Å². The number of urea groups is 1. The quantitative estimate of drug-likeness (QED) is 0.695. The molecule has 0 aliphatic carbocycles. The second kappa shape index (κ2) is 7.87. The van der Waals surface area contributed by atoms with Crippen LogP contribution in [0, 0.1) is 0 Å². The van der Waals surface area contributed by atoms with E-state index in [1.54, 1.807) is 41.3 Å². The van der Waals surface area contributed by atoms with Crippen molar-refractivity contribution in [3.05, 3.63) is 58.1 Å². The number of imide groups is 1. The molecule has 29 heavy (non-hydrogen) atoms.